The molecule has 2 aromatic rings. The average molecular weight is 376 g/mol. The van der Waals surface area contributed by atoms with Gasteiger partial charge in [0.1, 0.15) is 12.0 Å². The van der Waals surface area contributed by atoms with Crippen molar-refractivity contribution >= 4 is 40.6 Å². The van der Waals surface area contributed by atoms with Crippen LogP contribution in [0.3, 0.4) is 0 Å². The average Bonchev–Trinajstić information content (AvgIpc) is 2.65. The van der Waals surface area contributed by atoms with Gasteiger partial charge in [0.25, 0.3) is 0 Å². The number of anilines is 4. The molecule has 1 aromatic carbocycles. The summed E-state index contributed by atoms with van der Waals surface area (Å²) in [5, 5.41) is 3.72. The third-order valence-electron chi connectivity index (χ3n) is 4.33. The first-order chi connectivity index (χ1) is 12.6. The topological polar surface area (TPSA) is 93.4 Å². The van der Waals surface area contributed by atoms with Gasteiger partial charge in [-0.25, -0.2) is 9.97 Å². The van der Waals surface area contributed by atoms with Gasteiger partial charge in [-0.1, -0.05) is 23.7 Å². The summed E-state index contributed by atoms with van der Waals surface area (Å²) in [6, 6.07) is 7.37. The van der Waals surface area contributed by atoms with Gasteiger partial charge in [0, 0.05) is 13.1 Å². The Morgan fingerprint density at radius 2 is 2.23 bits per heavy atom. The number of hydrogen-bond donors (Lipinski definition) is 2. The van der Waals surface area contributed by atoms with Crippen molar-refractivity contribution in [1.29, 1.82) is 0 Å². The van der Waals surface area contributed by atoms with E-state index in [0.29, 0.717) is 41.2 Å². The number of carbonyl (C=O) groups excluding carboxylic acids is 1. The molecule has 3 N–H and O–H groups in total. The molecule has 0 amide bonds. The highest BCUT2D eigenvalue weighted by atomic mass is 35.5. The normalized spacial score (nSPS) is 17.0. The lowest BCUT2D eigenvalue weighted by Gasteiger charge is -2.33. The van der Waals surface area contributed by atoms with Crippen molar-refractivity contribution in [2.75, 3.05) is 35.6 Å². The second-order valence-electron chi connectivity index (χ2n) is 6.10. The number of ether oxygens (including phenoxy) is 1. The summed E-state index contributed by atoms with van der Waals surface area (Å²) < 4.78 is 5.16. The fraction of sp³-hybridized carbons (Fsp3) is 0.389. The Labute approximate surface area is 157 Å². The van der Waals surface area contributed by atoms with Gasteiger partial charge in [0.05, 0.1) is 23.2 Å². The summed E-state index contributed by atoms with van der Waals surface area (Å²) >= 11 is 6.19. The predicted octanol–water partition coefficient (Wildman–Crippen LogP) is 3.24. The summed E-state index contributed by atoms with van der Waals surface area (Å²) in [5.74, 6) is 0.766. The van der Waals surface area contributed by atoms with Crippen LogP contribution in [0.15, 0.2) is 30.6 Å². The number of nitrogen functional groups attached to an aromatic ring is 1. The van der Waals surface area contributed by atoms with E-state index in [-0.39, 0.29) is 11.9 Å². The molecular weight excluding hydrogens is 354 g/mol. The molecular formula is C18H22ClN5O2. The van der Waals surface area contributed by atoms with Gasteiger partial charge in [-0.3, -0.25) is 4.79 Å². The Balaban J connectivity index is 1.80. The molecule has 1 atom stereocenters. The molecule has 3 rings (SSSR count). The fourth-order valence-corrected chi connectivity index (χ4v) is 3.23. The van der Waals surface area contributed by atoms with Crippen molar-refractivity contribution in [3.8, 4) is 0 Å². The lowest BCUT2D eigenvalue weighted by atomic mass is 9.98. The Kier molecular flexibility index (Phi) is 5.78. The number of rotatable bonds is 5. The standard InChI is InChI=1S/C18H22ClN5O2/c1-2-26-18(25)12-6-5-9-24(10-12)17-15(20)16(21-11-22-17)23-14-8-4-3-7-13(14)19/h3-4,7-8,11-12H,2,5-6,9-10,20H2,1H3,(H,21,22,23). The summed E-state index contributed by atoms with van der Waals surface area (Å²) in [4.78, 5) is 22.6. The summed E-state index contributed by atoms with van der Waals surface area (Å²) in [7, 11) is 0. The Bertz CT molecular complexity index is 786. The number of carbonyl (C=O) groups is 1. The number of nitrogens with two attached hydrogens (primary N) is 1. The van der Waals surface area contributed by atoms with E-state index < -0.39 is 0 Å². The van der Waals surface area contributed by atoms with Gasteiger partial charge >= 0.3 is 5.97 Å². The highest BCUT2D eigenvalue weighted by Crippen LogP contribution is 2.33. The summed E-state index contributed by atoms with van der Waals surface area (Å²) in [6.45, 7) is 3.51. The Morgan fingerprint density at radius 1 is 1.42 bits per heavy atom. The number of aromatic nitrogens is 2. The number of benzene rings is 1. The molecule has 0 spiro atoms. The largest absolute Gasteiger partial charge is 0.466 e. The van der Waals surface area contributed by atoms with Gasteiger partial charge in [0.2, 0.25) is 0 Å². The van der Waals surface area contributed by atoms with Crippen LogP contribution in [0.5, 0.6) is 0 Å². The van der Waals surface area contributed by atoms with E-state index in [4.69, 9.17) is 22.1 Å². The maximum absolute atomic E-state index is 12.1. The fourth-order valence-electron chi connectivity index (χ4n) is 3.05. The molecule has 1 aliphatic heterocycles. The quantitative estimate of drug-likeness (QED) is 0.775. The molecule has 0 aliphatic carbocycles. The number of hydrogen-bond acceptors (Lipinski definition) is 7. The highest BCUT2D eigenvalue weighted by molar-refractivity contribution is 6.33. The molecule has 2 heterocycles. The van der Waals surface area contributed by atoms with Crippen molar-refractivity contribution in [1.82, 2.24) is 9.97 Å². The number of nitrogens with zero attached hydrogens (tertiary/aromatic N) is 3. The lowest BCUT2D eigenvalue weighted by molar-refractivity contribution is -0.148. The monoisotopic (exact) mass is 375 g/mol. The molecule has 0 radical (unpaired) electrons. The summed E-state index contributed by atoms with van der Waals surface area (Å²) in [6.07, 6.45) is 3.14. The summed E-state index contributed by atoms with van der Waals surface area (Å²) in [5.41, 5.74) is 7.45. The third kappa shape index (κ3) is 3.99. The maximum Gasteiger partial charge on any atom is 0.310 e. The molecule has 26 heavy (non-hydrogen) atoms. The number of piperidine rings is 1. The third-order valence-corrected chi connectivity index (χ3v) is 4.66. The van der Waals surface area contributed by atoms with Crippen LogP contribution in [-0.4, -0.2) is 35.6 Å². The van der Waals surface area contributed by atoms with Gasteiger partial charge in [-0.05, 0) is 31.9 Å². The maximum atomic E-state index is 12.1. The van der Waals surface area contributed by atoms with E-state index in [0.717, 1.165) is 19.4 Å². The molecule has 1 unspecified atom stereocenters. The SMILES string of the molecule is CCOC(=O)C1CCCN(c2ncnc(Nc3ccccc3Cl)c2N)C1. The van der Waals surface area contributed by atoms with E-state index in [9.17, 15) is 4.79 Å². The zero-order chi connectivity index (χ0) is 18.5. The molecule has 138 valence electrons. The smallest absolute Gasteiger partial charge is 0.310 e. The first-order valence-corrected chi connectivity index (χ1v) is 9.01. The minimum atomic E-state index is -0.168. The molecule has 1 aliphatic rings. The van der Waals surface area contributed by atoms with Gasteiger partial charge in [-0.15, -0.1) is 0 Å². The van der Waals surface area contributed by atoms with Crippen molar-refractivity contribution in [3.05, 3.63) is 35.6 Å². The molecule has 0 bridgehead atoms. The van der Waals surface area contributed by atoms with Gasteiger partial charge in [-0.2, -0.15) is 0 Å². The second kappa shape index (κ2) is 8.23. The van der Waals surface area contributed by atoms with E-state index in [1.54, 1.807) is 6.07 Å². The van der Waals surface area contributed by atoms with Crippen LogP contribution in [0.1, 0.15) is 19.8 Å². The number of para-hydroxylation sites is 1. The minimum Gasteiger partial charge on any atom is -0.466 e. The number of halogens is 1. The van der Waals surface area contributed by atoms with Crippen LogP contribution in [0.25, 0.3) is 0 Å². The van der Waals surface area contributed by atoms with E-state index >= 15 is 0 Å². The Hall–Kier alpha value is -2.54. The lowest BCUT2D eigenvalue weighted by Crippen LogP contribution is -2.40. The zero-order valence-corrected chi connectivity index (χ0v) is 15.4. The Morgan fingerprint density at radius 3 is 3.00 bits per heavy atom. The van der Waals surface area contributed by atoms with Crippen LogP contribution in [0.2, 0.25) is 5.02 Å². The number of esters is 1. The predicted molar refractivity (Wildman–Crippen MR) is 103 cm³/mol. The van der Waals surface area contributed by atoms with Gasteiger partial charge in [0.15, 0.2) is 11.6 Å². The highest BCUT2D eigenvalue weighted by Gasteiger charge is 2.29. The van der Waals surface area contributed by atoms with Crippen molar-refractivity contribution in [2.45, 2.75) is 19.8 Å². The molecule has 1 aromatic heterocycles. The molecule has 7 nitrogen and oxygen atoms in total. The molecule has 1 saturated heterocycles. The molecule has 1 fully saturated rings. The molecule has 8 heteroatoms. The zero-order valence-electron chi connectivity index (χ0n) is 14.6. The number of nitrogens with one attached hydrogen (secondary N) is 1. The van der Waals surface area contributed by atoms with Crippen LogP contribution < -0.4 is 16.0 Å². The van der Waals surface area contributed by atoms with Crippen LogP contribution in [0.4, 0.5) is 23.0 Å². The van der Waals surface area contributed by atoms with E-state index in [2.05, 4.69) is 15.3 Å². The van der Waals surface area contributed by atoms with Crippen LogP contribution >= 0.6 is 11.6 Å². The van der Waals surface area contributed by atoms with Crippen molar-refractivity contribution in [2.24, 2.45) is 5.92 Å². The van der Waals surface area contributed by atoms with E-state index in [1.807, 2.05) is 30.0 Å². The second-order valence-corrected chi connectivity index (χ2v) is 6.51. The first kappa shape index (κ1) is 18.3. The van der Waals surface area contributed by atoms with Crippen LogP contribution in [-0.2, 0) is 9.53 Å². The van der Waals surface area contributed by atoms with Crippen molar-refractivity contribution in [3.63, 3.8) is 0 Å². The van der Waals surface area contributed by atoms with E-state index in [1.165, 1.54) is 6.33 Å². The first-order valence-electron chi connectivity index (χ1n) is 8.63. The van der Waals surface area contributed by atoms with Gasteiger partial charge < -0.3 is 20.7 Å². The van der Waals surface area contributed by atoms with Crippen LogP contribution in [0, 0.1) is 5.92 Å². The molecule has 0 saturated carbocycles. The van der Waals surface area contributed by atoms with Crippen molar-refractivity contribution < 1.29 is 9.53 Å². The minimum absolute atomic E-state index is 0.167.